The molecule has 0 aliphatic heterocycles. The minimum Gasteiger partial charge on any atom is -0.355 e. The van der Waals surface area contributed by atoms with Crippen LogP contribution in [-0.2, 0) is 9.84 Å². The zero-order valence-electron chi connectivity index (χ0n) is 12.2. The molecule has 0 aliphatic carbocycles. The molecule has 1 unspecified atom stereocenters. The number of hydrogen-bond donors (Lipinski definition) is 0. The number of halogens is 1. The Kier molecular flexibility index (Phi) is 4.68. The largest absolute Gasteiger partial charge is 0.355 e. The lowest BCUT2D eigenvalue weighted by Gasteiger charge is -2.26. The molecule has 1 aromatic carbocycles. The van der Waals surface area contributed by atoms with Crippen molar-refractivity contribution >= 4 is 38.2 Å². The summed E-state index contributed by atoms with van der Waals surface area (Å²) < 4.78 is 23.6. The molecule has 5 nitrogen and oxygen atoms in total. The van der Waals surface area contributed by atoms with Crippen LogP contribution in [0.2, 0.25) is 5.02 Å². The van der Waals surface area contributed by atoms with Gasteiger partial charge in [0, 0.05) is 29.3 Å². The number of benzene rings is 1. The Morgan fingerprint density at radius 2 is 2.05 bits per heavy atom. The zero-order chi connectivity index (χ0) is 15.6. The molecule has 7 heteroatoms. The van der Waals surface area contributed by atoms with E-state index in [1.54, 1.807) is 19.1 Å². The van der Waals surface area contributed by atoms with Gasteiger partial charge in [-0.15, -0.1) is 0 Å². The lowest BCUT2D eigenvalue weighted by atomic mass is 10.2. The van der Waals surface area contributed by atoms with Crippen LogP contribution in [0.4, 0.5) is 5.82 Å². The molecule has 114 valence electrons. The molecule has 0 N–H and O–H groups in total. The maximum atomic E-state index is 11.8. The highest BCUT2D eigenvalue weighted by Crippen LogP contribution is 2.25. The summed E-state index contributed by atoms with van der Waals surface area (Å²) in [6.45, 7) is 3.53. The van der Waals surface area contributed by atoms with E-state index in [2.05, 4.69) is 9.97 Å². The molecule has 2 aromatic rings. The first-order valence-electron chi connectivity index (χ1n) is 6.67. The van der Waals surface area contributed by atoms with Gasteiger partial charge in [0.25, 0.3) is 0 Å². The quantitative estimate of drug-likeness (QED) is 0.844. The number of aromatic nitrogens is 2. The Labute approximate surface area is 129 Å². The maximum absolute atomic E-state index is 11.8. The molecular weight excluding hydrogens is 310 g/mol. The van der Waals surface area contributed by atoms with Crippen LogP contribution in [0.3, 0.4) is 0 Å². The van der Waals surface area contributed by atoms with E-state index in [9.17, 15) is 8.42 Å². The number of rotatable bonds is 5. The Hall–Kier alpha value is -1.40. The van der Waals surface area contributed by atoms with Crippen molar-refractivity contribution in [3.63, 3.8) is 0 Å². The molecule has 2 rings (SSSR count). The topological polar surface area (TPSA) is 63.2 Å². The molecule has 0 spiro atoms. The third kappa shape index (κ3) is 3.63. The van der Waals surface area contributed by atoms with Crippen LogP contribution < -0.4 is 4.90 Å². The van der Waals surface area contributed by atoms with Crippen molar-refractivity contribution in [1.29, 1.82) is 0 Å². The molecule has 0 radical (unpaired) electrons. The monoisotopic (exact) mass is 327 g/mol. The summed E-state index contributed by atoms with van der Waals surface area (Å²) in [6.07, 6.45) is 1.46. The van der Waals surface area contributed by atoms with Gasteiger partial charge in [0.05, 0.1) is 11.3 Å². The van der Waals surface area contributed by atoms with Crippen molar-refractivity contribution in [3.8, 4) is 0 Å². The van der Waals surface area contributed by atoms with E-state index in [-0.39, 0.29) is 17.5 Å². The van der Waals surface area contributed by atoms with Crippen molar-refractivity contribution in [2.45, 2.75) is 19.9 Å². The fraction of sp³-hybridized carbons (Fsp3) is 0.429. The first-order valence-corrected chi connectivity index (χ1v) is 8.87. The van der Waals surface area contributed by atoms with Crippen molar-refractivity contribution in [1.82, 2.24) is 9.97 Å². The minimum atomic E-state index is -3.04. The summed E-state index contributed by atoms with van der Waals surface area (Å²) in [4.78, 5) is 10.4. The van der Waals surface area contributed by atoms with Crippen molar-refractivity contribution in [2.75, 3.05) is 23.5 Å². The van der Waals surface area contributed by atoms with Crippen molar-refractivity contribution in [3.05, 3.63) is 29.5 Å². The number of hydrogen-bond acceptors (Lipinski definition) is 5. The molecule has 1 heterocycles. The van der Waals surface area contributed by atoms with Gasteiger partial charge in [0.15, 0.2) is 9.84 Å². The number of sulfone groups is 1. The molecule has 0 bridgehead atoms. The molecule has 0 amide bonds. The highest BCUT2D eigenvalue weighted by molar-refractivity contribution is 7.91. The normalized spacial score (nSPS) is 13.3. The molecular formula is C14H18ClN3O2S. The van der Waals surface area contributed by atoms with Crippen LogP contribution >= 0.6 is 11.6 Å². The fourth-order valence-electron chi connectivity index (χ4n) is 2.10. The van der Waals surface area contributed by atoms with Crippen LogP contribution in [0.15, 0.2) is 24.5 Å². The van der Waals surface area contributed by atoms with Crippen molar-refractivity contribution < 1.29 is 8.42 Å². The van der Waals surface area contributed by atoms with Crippen LogP contribution in [0, 0.1) is 0 Å². The summed E-state index contributed by atoms with van der Waals surface area (Å²) in [5.41, 5.74) is 0.741. The van der Waals surface area contributed by atoms with Crippen LogP contribution in [-0.4, -0.2) is 43.0 Å². The van der Waals surface area contributed by atoms with Gasteiger partial charge < -0.3 is 4.90 Å². The van der Waals surface area contributed by atoms with Crippen LogP contribution in [0.25, 0.3) is 10.9 Å². The minimum absolute atomic E-state index is 0.0963. The van der Waals surface area contributed by atoms with E-state index >= 15 is 0 Å². The van der Waals surface area contributed by atoms with Gasteiger partial charge in [-0.3, -0.25) is 0 Å². The van der Waals surface area contributed by atoms with Gasteiger partial charge >= 0.3 is 0 Å². The molecule has 21 heavy (non-hydrogen) atoms. The maximum Gasteiger partial charge on any atom is 0.152 e. The number of nitrogens with zero attached hydrogens (tertiary/aromatic N) is 3. The van der Waals surface area contributed by atoms with Crippen molar-refractivity contribution in [2.24, 2.45) is 0 Å². The lowest BCUT2D eigenvalue weighted by molar-refractivity contribution is 0.588. The highest BCUT2D eigenvalue weighted by atomic mass is 35.5. The fourth-order valence-corrected chi connectivity index (χ4v) is 3.46. The van der Waals surface area contributed by atoms with Crippen LogP contribution in [0.1, 0.15) is 13.8 Å². The van der Waals surface area contributed by atoms with E-state index in [0.29, 0.717) is 10.8 Å². The Morgan fingerprint density at radius 3 is 2.71 bits per heavy atom. The molecule has 0 saturated heterocycles. The van der Waals surface area contributed by atoms with Crippen LogP contribution in [0.5, 0.6) is 0 Å². The molecule has 0 fully saturated rings. The van der Waals surface area contributed by atoms with Gasteiger partial charge in [0.2, 0.25) is 0 Å². The smallest absolute Gasteiger partial charge is 0.152 e. The average Bonchev–Trinajstić information content (AvgIpc) is 2.45. The van der Waals surface area contributed by atoms with Gasteiger partial charge in [-0.05, 0) is 25.1 Å². The standard InChI is InChI=1S/C14H18ClN3O2S/c1-4-21(19,20)8-10(2)18(3)14-12-6-5-11(15)7-13(12)16-9-17-14/h5-7,9-10H,4,8H2,1-3H3. The van der Waals surface area contributed by atoms with Gasteiger partial charge in [-0.25, -0.2) is 18.4 Å². The summed E-state index contributed by atoms with van der Waals surface area (Å²) in [5.74, 6) is 0.945. The second-order valence-electron chi connectivity index (χ2n) is 5.02. The van der Waals surface area contributed by atoms with E-state index in [1.165, 1.54) is 6.33 Å². The highest BCUT2D eigenvalue weighted by Gasteiger charge is 2.20. The Bertz CT molecular complexity index is 749. The summed E-state index contributed by atoms with van der Waals surface area (Å²) in [7, 11) is -1.20. The van der Waals surface area contributed by atoms with E-state index in [1.807, 2.05) is 24.9 Å². The summed E-state index contributed by atoms with van der Waals surface area (Å²) >= 11 is 5.97. The Balaban J connectivity index is 2.37. The molecule has 0 aliphatic rings. The van der Waals surface area contributed by atoms with Gasteiger partial charge in [0.1, 0.15) is 12.1 Å². The van der Waals surface area contributed by atoms with Gasteiger partial charge in [-0.1, -0.05) is 18.5 Å². The second-order valence-corrected chi connectivity index (χ2v) is 7.85. The molecule has 1 aromatic heterocycles. The SMILES string of the molecule is CCS(=O)(=O)CC(C)N(C)c1ncnc2cc(Cl)ccc12. The number of anilines is 1. The van der Waals surface area contributed by atoms with E-state index in [0.717, 1.165) is 10.9 Å². The average molecular weight is 328 g/mol. The molecule has 0 saturated carbocycles. The zero-order valence-corrected chi connectivity index (χ0v) is 13.8. The van der Waals surface area contributed by atoms with Gasteiger partial charge in [-0.2, -0.15) is 0 Å². The predicted octanol–water partition coefficient (Wildman–Crippen LogP) is 2.54. The van der Waals surface area contributed by atoms with E-state index in [4.69, 9.17) is 11.6 Å². The summed E-state index contributed by atoms with van der Waals surface area (Å²) in [5, 5.41) is 1.46. The third-order valence-corrected chi connectivity index (χ3v) is 5.61. The lowest BCUT2D eigenvalue weighted by Crippen LogP contribution is -2.36. The van der Waals surface area contributed by atoms with E-state index < -0.39 is 9.84 Å². The first-order chi connectivity index (χ1) is 9.84. The third-order valence-electron chi connectivity index (χ3n) is 3.51. The predicted molar refractivity (Wildman–Crippen MR) is 86.7 cm³/mol. The first kappa shape index (κ1) is 16.0. The molecule has 1 atom stereocenters. The summed E-state index contributed by atoms with van der Waals surface area (Å²) in [6, 6.07) is 5.22. The second kappa shape index (κ2) is 6.15. The number of fused-ring (bicyclic) bond motifs is 1. The Morgan fingerprint density at radius 1 is 1.33 bits per heavy atom.